The Labute approximate surface area is 93.2 Å². The number of ether oxygens (including phenoxy) is 1. The van der Waals surface area contributed by atoms with Crippen LogP contribution in [0.15, 0.2) is 10.7 Å². The zero-order chi connectivity index (χ0) is 12.0. The SMILES string of the molecule is CCc1coc(N2CC(OC)C2)n1.O=C=O. The number of hydrogen-bond acceptors (Lipinski definition) is 6. The molecule has 0 spiro atoms. The molecule has 0 amide bonds. The quantitative estimate of drug-likeness (QED) is 0.746. The maximum absolute atomic E-state index is 8.12. The zero-order valence-electron chi connectivity index (χ0n) is 9.30. The first-order valence-corrected chi connectivity index (χ1v) is 4.96. The van der Waals surface area contributed by atoms with Gasteiger partial charge in [-0.1, -0.05) is 6.92 Å². The predicted octanol–water partition coefficient (Wildman–Crippen LogP) is 0.488. The standard InChI is InChI=1S/C9H14N2O2.CO2/c1-3-7-6-13-9(10-7)11-4-8(5-11)12-2;2-1-3/h6,8H,3-5H2,1-2H3;. The highest BCUT2D eigenvalue weighted by molar-refractivity contribution is 5.32. The van der Waals surface area contributed by atoms with Crippen LogP contribution in [0.3, 0.4) is 0 Å². The molecule has 16 heavy (non-hydrogen) atoms. The van der Waals surface area contributed by atoms with Crippen LogP contribution in [0.25, 0.3) is 0 Å². The highest BCUT2D eigenvalue weighted by Crippen LogP contribution is 2.21. The van der Waals surface area contributed by atoms with Gasteiger partial charge in [-0.15, -0.1) is 0 Å². The normalized spacial score (nSPS) is 14.8. The fourth-order valence-corrected chi connectivity index (χ4v) is 1.35. The van der Waals surface area contributed by atoms with Crippen LogP contribution in [-0.4, -0.2) is 37.4 Å². The summed E-state index contributed by atoms with van der Waals surface area (Å²) in [6.07, 6.45) is 3.23. The molecular formula is C10H14N2O4. The number of anilines is 1. The largest absolute Gasteiger partial charge is 0.432 e. The minimum Gasteiger partial charge on any atom is -0.432 e. The van der Waals surface area contributed by atoms with Gasteiger partial charge >= 0.3 is 6.15 Å². The summed E-state index contributed by atoms with van der Waals surface area (Å²) in [5.41, 5.74) is 1.01. The van der Waals surface area contributed by atoms with Crippen LogP contribution in [0.5, 0.6) is 0 Å². The van der Waals surface area contributed by atoms with Crippen molar-refractivity contribution in [2.45, 2.75) is 19.4 Å². The maximum Gasteiger partial charge on any atom is 0.373 e. The molecule has 0 unspecified atom stereocenters. The van der Waals surface area contributed by atoms with E-state index in [1.807, 2.05) is 0 Å². The van der Waals surface area contributed by atoms with Gasteiger partial charge in [0.1, 0.15) is 6.26 Å². The molecule has 0 aromatic carbocycles. The van der Waals surface area contributed by atoms with Crippen molar-refractivity contribution in [3.05, 3.63) is 12.0 Å². The Morgan fingerprint density at radius 3 is 2.69 bits per heavy atom. The summed E-state index contributed by atoms with van der Waals surface area (Å²) < 4.78 is 10.5. The third kappa shape index (κ3) is 2.92. The average molecular weight is 226 g/mol. The molecule has 0 N–H and O–H groups in total. The van der Waals surface area contributed by atoms with Gasteiger partial charge in [-0.05, 0) is 6.42 Å². The Bertz CT molecular complexity index is 351. The smallest absolute Gasteiger partial charge is 0.373 e. The Balaban J connectivity index is 0.000000386. The lowest BCUT2D eigenvalue weighted by Gasteiger charge is -2.36. The minimum atomic E-state index is 0.250. The average Bonchev–Trinajstić information content (AvgIpc) is 2.66. The van der Waals surface area contributed by atoms with E-state index in [1.54, 1.807) is 13.4 Å². The fourth-order valence-electron chi connectivity index (χ4n) is 1.35. The Hall–Kier alpha value is -1.65. The molecule has 1 aromatic heterocycles. The van der Waals surface area contributed by atoms with Crippen LogP contribution in [0.4, 0.5) is 6.01 Å². The van der Waals surface area contributed by atoms with E-state index in [1.165, 1.54) is 0 Å². The van der Waals surface area contributed by atoms with Crippen molar-refractivity contribution in [2.24, 2.45) is 0 Å². The van der Waals surface area contributed by atoms with Gasteiger partial charge in [0.15, 0.2) is 0 Å². The van der Waals surface area contributed by atoms with Crippen molar-refractivity contribution in [1.29, 1.82) is 0 Å². The molecule has 0 saturated carbocycles. The van der Waals surface area contributed by atoms with Crippen molar-refractivity contribution in [2.75, 3.05) is 25.1 Å². The molecule has 0 bridgehead atoms. The van der Waals surface area contributed by atoms with Crippen molar-refractivity contribution in [3.8, 4) is 0 Å². The summed E-state index contributed by atoms with van der Waals surface area (Å²) in [6, 6.07) is 0.727. The van der Waals surface area contributed by atoms with E-state index < -0.39 is 0 Å². The molecule has 6 heteroatoms. The summed E-state index contributed by atoms with van der Waals surface area (Å²) in [5, 5.41) is 0. The lowest BCUT2D eigenvalue weighted by atomic mass is 10.2. The molecule has 2 rings (SSSR count). The Morgan fingerprint density at radius 2 is 2.25 bits per heavy atom. The second kappa shape index (κ2) is 6.05. The summed E-state index contributed by atoms with van der Waals surface area (Å²) in [4.78, 5) is 22.6. The van der Waals surface area contributed by atoms with E-state index in [0.29, 0.717) is 6.10 Å². The van der Waals surface area contributed by atoms with Gasteiger partial charge in [0, 0.05) is 7.11 Å². The molecule has 88 valence electrons. The molecule has 2 heterocycles. The van der Waals surface area contributed by atoms with E-state index in [-0.39, 0.29) is 6.15 Å². The molecule has 0 aliphatic carbocycles. The lowest BCUT2D eigenvalue weighted by Crippen LogP contribution is -2.52. The Morgan fingerprint density at radius 1 is 1.62 bits per heavy atom. The van der Waals surface area contributed by atoms with Gasteiger partial charge in [-0.2, -0.15) is 14.6 Å². The summed E-state index contributed by atoms with van der Waals surface area (Å²) >= 11 is 0. The van der Waals surface area contributed by atoms with Gasteiger partial charge in [-0.3, -0.25) is 0 Å². The van der Waals surface area contributed by atoms with Gasteiger partial charge in [0.2, 0.25) is 0 Å². The topological polar surface area (TPSA) is 72.6 Å². The second-order valence-electron chi connectivity index (χ2n) is 3.32. The van der Waals surface area contributed by atoms with Crippen LogP contribution in [0.1, 0.15) is 12.6 Å². The van der Waals surface area contributed by atoms with E-state index >= 15 is 0 Å². The van der Waals surface area contributed by atoms with Crippen molar-refractivity contribution in [3.63, 3.8) is 0 Å². The number of hydrogen-bond donors (Lipinski definition) is 0. The minimum absolute atomic E-state index is 0.250. The van der Waals surface area contributed by atoms with Crippen molar-refractivity contribution >= 4 is 12.2 Å². The van der Waals surface area contributed by atoms with Crippen molar-refractivity contribution in [1.82, 2.24) is 4.98 Å². The van der Waals surface area contributed by atoms with Crippen LogP contribution < -0.4 is 4.90 Å². The highest BCUT2D eigenvalue weighted by atomic mass is 16.5. The third-order valence-corrected chi connectivity index (χ3v) is 2.35. The van der Waals surface area contributed by atoms with Gasteiger partial charge < -0.3 is 14.1 Å². The molecule has 1 aliphatic heterocycles. The third-order valence-electron chi connectivity index (χ3n) is 2.35. The summed E-state index contributed by atoms with van der Waals surface area (Å²) in [7, 11) is 1.73. The molecule has 0 radical (unpaired) electrons. The lowest BCUT2D eigenvalue weighted by molar-refractivity contribution is -0.191. The Kier molecular flexibility index (Phi) is 4.69. The molecule has 1 saturated heterocycles. The van der Waals surface area contributed by atoms with Gasteiger partial charge in [0.25, 0.3) is 6.01 Å². The van der Waals surface area contributed by atoms with E-state index in [9.17, 15) is 0 Å². The highest BCUT2D eigenvalue weighted by Gasteiger charge is 2.29. The van der Waals surface area contributed by atoms with Crippen molar-refractivity contribution < 1.29 is 18.7 Å². The van der Waals surface area contributed by atoms with E-state index in [4.69, 9.17) is 18.7 Å². The van der Waals surface area contributed by atoms with E-state index in [2.05, 4.69) is 16.8 Å². The second-order valence-corrected chi connectivity index (χ2v) is 3.32. The number of nitrogens with zero attached hydrogens (tertiary/aromatic N) is 2. The number of aryl methyl sites for hydroxylation is 1. The number of rotatable bonds is 3. The molecule has 1 aromatic rings. The first-order chi connectivity index (χ1) is 7.74. The molecule has 0 atom stereocenters. The van der Waals surface area contributed by atoms with Gasteiger partial charge in [-0.25, -0.2) is 0 Å². The number of aromatic nitrogens is 1. The van der Waals surface area contributed by atoms with Crippen LogP contribution in [0, 0.1) is 0 Å². The number of oxazole rings is 1. The molecule has 1 fully saturated rings. The summed E-state index contributed by atoms with van der Waals surface area (Å²) in [6.45, 7) is 3.84. The van der Waals surface area contributed by atoms with Gasteiger partial charge in [0.05, 0.1) is 24.9 Å². The van der Waals surface area contributed by atoms with Crippen LogP contribution >= 0.6 is 0 Å². The molecule has 1 aliphatic rings. The summed E-state index contributed by atoms with van der Waals surface area (Å²) in [5.74, 6) is 0. The monoisotopic (exact) mass is 226 g/mol. The fraction of sp³-hybridized carbons (Fsp3) is 0.600. The van der Waals surface area contributed by atoms with E-state index in [0.717, 1.165) is 31.2 Å². The first-order valence-electron chi connectivity index (χ1n) is 4.96. The number of methoxy groups -OCH3 is 1. The van der Waals surface area contributed by atoms with Crippen LogP contribution in [-0.2, 0) is 20.7 Å². The maximum atomic E-state index is 8.12. The predicted molar refractivity (Wildman–Crippen MR) is 53.9 cm³/mol. The van der Waals surface area contributed by atoms with Crippen LogP contribution in [0.2, 0.25) is 0 Å². The first kappa shape index (κ1) is 12.4. The molecule has 6 nitrogen and oxygen atoms in total. The molecular weight excluding hydrogens is 212 g/mol. The zero-order valence-corrected chi connectivity index (χ0v) is 9.30. The number of carbonyl (C=O) groups excluding carboxylic acids is 2.